The van der Waals surface area contributed by atoms with Crippen LogP contribution in [-0.4, -0.2) is 26.1 Å². The van der Waals surface area contributed by atoms with Crippen molar-refractivity contribution in [3.05, 3.63) is 92.8 Å². The highest BCUT2D eigenvalue weighted by Gasteiger charge is 2.49. The maximum Gasteiger partial charge on any atom is 0.352 e. The molecule has 0 aliphatic carbocycles. The van der Waals surface area contributed by atoms with Crippen molar-refractivity contribution in [1.29, 1.82) is 0 Å². The molecule has 0 unspecified atom stereocenters. The van der Waals surface area contributed by atoms with Crippen LogP contribution in [0.15, 0.2) is 75.8 Å². The number of rotatable bonds is 2. The van der Waals surface area contributed by atoms with Crippen LogP contribution in [0.25, 0.3) is 11.8 Å². The molecule has 2 aliphatic rings. The predicted molar refractivity (Wildman–Crippen MR) is 102 cm³/mol. The van der Waals surface area contributed by atoms with Gasteiger partial charge in [-0.1, -0.05) is 54.6 Å². The fourth-order valence-corrected chi connectivity index (χ4v) is 4.13. The Kier molecular flexibility index (Phi) is 3.39. The first kappa shape index (κ1) is 16.1. The molecule has 1 aromatic heterocycles. The molecule has 1 fully saturated rings. The van der Waals surface area contributed by atoms with Gasteiger partial charge in [-0.15, -0.1) is 0 Å². The molecule has 2 aliphatic heterocycles. The molecular weight excluding hydrogens is 342 g/mol. The summed E-state index contributed by atoms with van der Waals surface area (Å²) in [6.07, 6.45) is 2.08. The van der Waals surface area contributed by atoms with Gasteiger partial charge in [0, 0.05) is 0 Å². The van der Waals surface area contributed by atoms with Crippen LogP contribution >= 0.6 is 0 Å². The van der Waals surface area contributed by atoms with Gasteiger partial charge in [0.1, 0.15) is 11.6 Å². The number of hydrogen-bond donors (Lipinski definition) is 0. The molecule has 136 valence electrons. The molecule has 2 atom stereocenters. The minimum atomic E-state index is -0.598. The Morgan fingerprint density at radius 1 is 1.00 bits per heavy atom. The van der Waals surface area contributed by atoms with Gasteiger partial charge in [0.15, 0.2) is 0 Å². The first-order valence-electron chi connectivity index (χ1n) is 8.99. The Morgan fingerprint density at radius 2 is 1.67 bits per heavy atom. The van der Waals surface area contributed by atoms with Gasteiger partial charge in [0.05, 0.1) is 18.8 Å². The van der Waals surface area contributed by atoms with Crippen molar-refractivity contribution >= 4 is 6.08 Å². The topological polar surface area (TPSA) is 58.2 Å². The summed E-state index contributed by atoms with van der Waals surface area (Å²) < 4.78 is 10.4. The average Bonchev–Trinajstić information content (AvgIpc) is 3.04. The average molecular weight is 361 g/mol. The Morgan fingerprint density at radius 3 is 2.37 bits per heavy atom. The third-order valence-corrected chi connectivity index (χ3v) is 5.47. The smallest absolute Gasteiger partial charge is 0.352 e. The fourth-order valence-electron chi connectivity index (χ4n) is 4.13. The third kappa shape index (κ3) is 2.30. The molecule has 3 aromatic rings. The molecule has 1 saturated heterocycles. The quantitative estimate of drug-likeness (QED) is 0.703. The number of para-hydroxylation sites is 1. The largest absolute Gasteiger partial charge is 0.366 e. The Bertz CT molecular complexity index is 1150. The van der Waals surface area contributed by atoms with Crippen LogP contribution in [0.3, 0.4) is 0 Å². The minimum Gasteiger partial charge on any atom is -0.366 e. The van der Waals surface area contributed by atoms with E-state index in [1.807, 2.05) is 55.5 Å². The molecule has 0 amide bonds. The summed E-state index contributed by atoms with van der Waals surface area (Å²) in [7, 11) is 0. The lowest BCUT2D eigenvalue weighted by Gasteiger charge is -2.32. The number of benzene rings is 2. The summed E-state index contributed by atoms with van der Waals surface area (Å²) in [6.45, 7) is 2.69. The van der Waals surface area contributed by atoms with Crippen molar-refractivity contribution in [2.75, 3.05) is 6.61 Å². The van der Waals surface area contributed by atoms with E-state index in [9.17, 15) is 9.59 Å². The Balaban J connectivity index is 1.71. The van der Waals surface area contributed by atoms with E-state index < -0.39 is 5.60 Å². The zero-order valence-electron chi connectivity index (χ0n) is 14.9. The maximum atomic E-state index is 13.1. The molecule has 6 nitrogen and oxygen atoms in total. The number of hydrogen-bond acceptors (Lipinski definition) is 3. The van der Waals surface area contributed by atoms with E-state index in [0.717, 1.165) is 11.1 Å². The van der Waals surface area contributed by atoms with Gasteiger partial charge in [-0.25, -0.2) is 23.5 Å². The lowest BCUT2D eigenvalue weighted by Crippen LogP contribution is -2.44. The van der Waals surface area contributed by atoms with Crippen LogP contribution in [0.5, 0.6) is 0 Å². The highest BCUT2D eigenvalue weighted by molar-refractivity contribution is 5.57. The molecule has 5 rings (SSSR count). The Hall–Kier alpha value is -3.12. The van der Waals surface area contributed by atoms with Crippen LogP contribution in [-0.2, 0) is 11.3 Å². The second-order valence-corrected chi connectivity index (χ2v) is 7.21. The van der Waals surface area contributed by atoms with Crippen molar-refractivity contribution in [3.63, 3.8) is 0 Å². The van der Waals surface area contributed by atoms with Crippen LogP contribution in [0.4, 0.5) is 0 Å². The van der Waals surface area contributed by atoms with Crippen LogP contribution < -0.4 is 11.4 Å². The van der Waals surface area contributed by atoms with E-state index in [2.05, 4.69) is 6.08 Å². The van der Waals surface area contributed by atoms with Crippen LogP contribution in [0, 0.1) is 0 Å². The SMILES string of the molecule is C[C@@]12Cn3c(=O)n(-c4ccccc4)c(=O)n3[C@@H](CO1)/C2=C\c1ccccc1. The van der Waals surface area contributed by atoms with Crippen LogP contribution in [0.2, 0.25) is 0 Å². The van der Waals surface area contributed by atoms with Crippen molar-refractivity contribution in [3.8, 4) is 5.69 Å². The van der Waals surface area contributed by atoms with Crippen LogP contribution in [0.1, 0.15) is 18.5 Å². The van der Waals surface area contributed by atoms with Crippen molar-refractivity contribution in [2.24, 2.45) is 0 Å². The van der Waals surface area contributed by atoms with E-state index in [-0.39, 0.29) is 17.4 Å². The fraction of sp³-hybridized carbons (Fsp3) is 0.238. The number of ether oxygens (including phenoxy) is 1. The zero-order chi connectivity index (χ0) is 18.6. The second kappa shape index (κ2) is 5.69. The molecule has 0 N–H and O–H groups in total. The lowest BCUT2D eigenvalue weighted by atomic mass is 9.89. The van der Waals surface area contributed by atoms with Gasteiger partial charge in [0.2, 0.25) is 0 Å². The van der Waals surface area contributed by atoms with Gasteiger partial charge in [-0.05, 0) is 30.2 Å². The summed E-state index contributed by atoms with van der Waals surface area (Å²) in [5, 5.41) is 0. The van der Waals surface area contributed by atoms with E-state index in [1.54, 1.807) is 16.8 Å². The molecule has 27 heavy (non-hydrogen) atoms. The number of nitrogens with zero attached hydrogens (tertiary/aromatic N) is 3. The molecule has 2 bridgehead atoms. The summed E-state index contributed by atoms with van der Waals surface area (Å²) in [4.78, 5) is 26.1. The molecule has 2 aromatic carbocycles. The second-order valence-electron chi connectivity index (χ2n) is 7.21. The highest BCUT2D eigenvalue weighted by Crippen LogP contribution is 2.43. The van der Waals surface area contributed by atoms with E-state index in [0.29, 0.717) is 18.8 Å². The number of fused-ring (bicyclic) bond motifs is 4. The van der Waals surface area contributed by atoms with Crippen molar-refractivity contribution in [1.82, 2.24) is 13.9 Å². The van der Waals surface area contributed by atoms with Gasteiger partial charge < -0.3 is 4.74 Å². The normalized spacial score (nSPS) is 24.9. The van der Waals surface area contributed by atoms with E-state index in [1.165, 1.54) is 9.25 Å². The summed E-state index contributed by atoms with van der Waals surface area (Å²) >= 11 is 0. The van der Waals surface area contributed by atoms with Gasteiger partial charge in [-0.3, -0.25) is 0 Å². The number of aromatic nitrogens is 3. The third-order valence-electron chi connectivity index (χ3n) is 5.47. The Labute approximate surface area is 155 Å². The van der Waals surface area contributed by atoms with Crippen molar-refractivity contribution in [2.45, 2.75) is 25.1 Å². The summed E-state index contributed by atoms with van der Waals surface area (Å²) in [5.74, 6) is 0. The summed E-state index contributed by atoms with van der Waals surface area (Å²) in [6, 6.07) is 18.7. The molecule has 0 spiro atoms. The molecule has 0 saturated carbocycles. The first-order chi connectivity index (χ1) is 13.1. The van der Waals surface area contributed by atoms with E-state index in [4.69, 9.17) is 4.74 Å². The van der Waals surface area contributed by atoms with Gasteiger partial charge >= 0.3 is 11.4 Å². The van der Waals surface area contributed by atoms with Gasteiger partial charge in [-0.2, -0.15) is 0 Å². The van der Waals surface area contributed by atoms with E-state index >= 15 is 0 Å². The summed E-state index contributed by atoms with van der Waals surface area (Å²) in [5.41, 5.74) is 1.41. The predicted octanol–water partition coefficient (Wildman–Crippen LogP) is 2.23. The van der Waals surface area contributed by atoms with Crippen molar-refractivity contribution < 1.29 is 4.74 Å². The standard InChI is InChI=1S/C21H19N3O3/c1-21-14-22-19(25)23(16-10-6-3-7-11-16)20(26)24(22)18(13-27-21)17(21)12-15-8-4-2-5-9-15/h2-12,18H,13-14H2,1H3/b17-12+/t18-,21-/m0/s1. The maximum absolute atomic E-state index is 13.1. The molecule has 3 heterocycles. The zero-order valence-corrected chi connectivity index (χ0v) is 14.9. The lowest BCUT2D eigenvalue weighted by molar-refractivity contribution is 0.0285. The van der Waals surface area contributed by atoms with Gasteiger partial charge in [0.25, 0.3) is 0 Å². The monoisotopic (exact) mass is 361 g/mol. The molecular formula is C21H19N3O3. The minimum absolute atomic E-state index is 0.283. The molecule has 0 radical (unpaired) electrons. The highest BCUT2D eigenvalue weighted by atomic mass is 16.5. The first-order valence-corrected chi connectivity index (χ1v) is 8.99. The molecule has 6 heteroatoms.